The maximum Gasteiger partial charge on any atom is 0.233 e. The van der Waals surface area contributed by atoms with E-state index in [-0.39, 0.29) is 29.8 Å². The number of hydrogen-bond acceptors (Lipinski definition) is 3. The first-order chi connectivity index (χ1) is 6.12. The van der Waals surface area contributed by atoms with Gasteiger partial charge in [-0.25, -0.2) is 0 Å². The van der Waals surface area contributed by atoms with E-state index in [1.165, 1.54) is 0 Å². The predicted molar refractivity (Wildman–Crippen MR) is 42.5 cm³/mol. The highest BCUT2D eigenvalue weighted by atomic mass is 16.5. The predicted octanol–water partition coefficient (Wildman–Crippen LogP) is -0.398. The molecule has 2 bridgehead atoms. The molecule has 4 atom stereocenters. The molecule has 0 radical (unpaired) electrons. The van der Waals surface area contributed by atoms with Gasteiger partial charge in [-0.2, -0.15) is 0 Å². The maximum absolute atomic E-state index is 11.4. The summed E-state index contributed by atoms with van der Waals surface area (Å²) in [5, 5.41) is 2.35. The van der Waals surface area contributed by atoms with Crippen molar-refractivity contribution in [2.75, 3.05) is 0 Å². The number of carbonyl (C=O) groups excluding carboxylic acids is 2. The number of imide groups is 1. The molecule has 2 fully saturated rings. The molecule has 1 N–H and O–H groups in total. The van der Waals surface area contributed by atoms with E-state index in [0.29, 0.717) is 0 Å². The fraction of sp³-hybridized carbons (Fsp3) is 0.556. The summed E-state index contributed by atoms with van der Waals surface area (Å²) in [4.78, 5) is 22.8. The number of nitrogens with one attached hydrogen (secondary N) is 1. The fourth-order valence-corrected chi connectivity index (χ4v) is 2.58. The van der Waals surface area contributed by atoms with Crippen LogP contribution in [0, 0.1) is 11.8 Å². The number of rotatable bonds is 0. The molecule has 0 saturated carbocycles. The second kappa shape index (κ2) is 1.85. The largest absolute Gasteiger partial charge is 0.362 e. The first kappa shape index (κ1) is 7.26. The molecule has 0 aromatic heterocycles. The lowest BCUT2D eigenvalue weighted by atomic mass is 9.78. The molecular formula is C9H9NO3. The lowest BCUT2D eigenvalue weighted by Gasteiger charge is -2.21. The van der Waals surface area contributed by atoms with Crippen LogP contribution in [0.4, 0.5) is 0 Å². The Bertz CT molecular complexity index is 349. The van der Waals surface area contributed by atoms with Gasteiger partial charge in [0.05, 0.1) is 23.5 Å². The SMILES string of the molecule is C[C@@]12C=C[C@H](O1)[C@H]1C(=O)NC(=O)[C@@H]12. The van der Waals surface area contributed by atoms with Crippen molar-refractivity contribution in [1.82, 2.24) is 5.32 Å². The first-order valence-electron chi connectivity index (χ1n) is 4.34. The number of carbonyl (C=O) groups is 2. The van der Waals surface area contributed by atoms with Crippen molar-refractivity contribution in [3.63, 3.8) is 0 Å². The third-order valence-electron chi connectivity index (χ3n) is 3.17. The average Bonchev–Trinajstić information content (AvgIpc) is 2.62. The molecule has 3 aliphatic heterocycles. The lowest BCUT2D eigenvalue weighted by Crippen LogP contribution is -2.36. The van der Waals surface area contributed by atoms with Gasteiger partial charge in [0.1, 0.15) is 0 Å². The second-order valence-corrected chi connectivity index (χ2v) is 3.98. The second-order valence-electron chi connectivity index (χ2n) is 3.98. The van der Waals surface area contributed by atoms with E-state index in [1.54, 1.807) is 0 Å². The van der Waals surface area contributed by atoms with E-state index in [2.05, 4.69) is 5.32 Å². The van der Waals surface area contributed by atoms with E-state index >= 15 is 0 Å². The van der Waals surface area contributed by atoms with Gasteiger partial charge in [0, 0.05) is 0 Å². The third-order valence-corrected chi connectivity index (χ3v) is 3.17. The van der Waals surface area contributed by atoms with Crippen LogP contribution >= 0.6 is 0 Å². The van der Waals surface area contributed by atoms with Crippen LogP contribution in [0.3, 0.4) is 0 Å². The molecule has 68 valence electrons. The smallest absolute Gasteiger partial charge is 0.233 e. The van der Waals surface area contributed by atoms with E-state index in [0.717, 1.165) is 0 Å². The number of amides is 2. The van der Waals surface area contributed by atoms with Crippen LogP contribution in [-0.2, 0) is 14.3 Å². The summed E-state index contributed by atoms with van der Waals surface area (Å²) in [6.07, 6.45) is 3.57. The van der Waals surface area contributed by atoms with E-state index < -0.39 is 5.60 Å². The Hall–Kier alpha value is -1.16. The van der Waals surface area contributed by atoms with Crippen LogP contribution < -0.4 is 5.32 Å². The van der Waals surface area contributed by atoms with Crippen molar-refractivity contribution >= 4 is 11.8 Å². The minimum absolute atomic E-state index is 0.187. The Morgan fingerprint density at radius 2 is 2.23 bits per heavy atom. The topological polar surface area (TPSA) is 55.4 Å². The van der Waals surface area contributed by atoms with Gasteiger partial charge in [-0.15, -0.1) is 0 Å². The van der Waals surface area contributed by atoms with Crippen molar-refractivity contribution in [2.45, 2.75) is 18.6 Å². The zero-order valence-corrected chi connectivity index (χ0v) is 7.11. The van der Waals surface area contributed by atoms with Gasteiger partial charge in [-0.05, 0) is 6.92 Å². The Labute approximate surface area is 74.9 Å². The van der Waals surface area contributed by atoms with E-state index in [4.69, 9.17) is 4.74 Å². The van der Waals surface area contributed by atoms with Gasteiger partial charge in [0.15, 0.2) is 0 Å². The quantitative estimate of drug-likeness (QED) is 0.406. The van der Waals surface area contributed by atoms with Crippen molar-refractivity contribution in [2.24, 2.45) is 11.8 Å². The van der Waals surface area contributed by atoms with Crippen LogP contribution in [0.25, 0.3) is 0 Å². The molecule has 2 amide bonds. The Morgan fingerprint density at radius 3 is 2.92 bits per heavy atom. The monoisotopic (exact) mass is 179 g/mol. The minimum Gasteiger partial charge on any atom is -0.362 e. The maximum atomic E-state index is 11.4. The van der Waals surface area contributed by atoms with Gasteiger partial charge >= 0.3 is 0 Å². The van der Waals surface area contributed by atoms with Crippen LogP contribution in [0.2, 0.25) is 0 Å². The summed E-state index contributed by atoms with van der Waals surface area (Å²) in [5.41, 5.74) is -0.550. The van der Waals surface area contributed by atoms with Gasteiger partial charge in [0.25, 0.3) is 0 Å². The van der Waals surface area contributed by atoms with Gasteiger partial charge in [-0.1, -0.05) is 12.2 Å². The van der Waals surface area contributed by atoms with E-state index in [9.17, 15) is 9.59 Å². The Morgan fingerprint density at radius 1 is 1.46 bits per heavy atom. The molecule has 2 saturated heterocycles. The summed E-state index contributed by atoms with van der Waals surface area (Å²) < 4.78 is 5.57. The molecule has 4 heteroatoms. The van der Waals surface area contributed by atoms with Crippen molar-refractivity contribution in [3.8, 4) is 0 Å². The molecule has 3 heterocycles. The zero-order chi connectivity index (χ0) is 9.22. The summed E-state index contributed by atoms with van der Waals surface area (Å²) in [7, 11) is 0. The molecule has 3 rings (SSSR count). The molecule has 4 nitrogen and oxygen atoms in total. The highest BCUT2D eigenvalue weighted by molar-refractivity contribution is 6.07. The molecule has 13 heavy (non-hydrogen) atoms. The summed E-state index contributed by atoms with van der Waals surface area (Å²) >= 11 is 0. The molecule has 0 aromatic rings. The molecule has 0 unspecified atom stereocenters. The lowest BCUT2D eigenvalue weighted by molar-refractivity contribution is -0.129. The molecular weight excluding hydrogens is 170 g/mol. The Kier molecular flexibility index (Phi) is 1.03. The van der Waals surface area contributed by atoms with Crippen LogP contribution in [0.5, 0.6) is 0 Å². The summed E-state index contributed by atoms with van der Waals surface area (Å²) in [5.74, 6) is -0.977. The fourth-order valence-electron chi connectivity index (χ4n) is 2.58. The number of fused-ring (bicyclic) bond motifs is 5. The standard InChI is InChI=1S/C9H9NO3/c1-9-3-2-4(13-9)5-6(9)8(12)10-7(5)11/h2-6H,1H3,(H,10,11,12)/t4-,5+,6+,9-/m0/s1. The van der Waals surface area contributed by atoms with Gasteiger partial charge in [0.2, 0.25) is 11.8 Å². The summed E-state index contributed by atoms with van der Waals surface area (Å²) in [6, 6.07) is 0. The first-order valence-corrected chi connectivity index (χ1v) is 4.34. The van der Waals surface area contributed by atoms with Crippen molar-refractivity contribution in [3.05, 3.63) is 12.2 Å². The highest BCUT2D eigenvalue weighted by Crippen LogP contribution is 2.48. The third kappa shape index (κ3) is 0.659. The Balaban J connectivity index is 2.13. The number of ether oxygens (including phenoxy) is 1. The number of hydrogen-bond donors (Lipinski definition) is 1. The highest BCUT2D eigenvalue weighted by Gasteiger charge is 2.63. The van der Waals surface area contributed by atoms with Crippen molar-refractivity contribution in [1.29, 1.82) is 0 Å². The molecule has 0 spiro atoms. The van der Waals surface area contributed by atoms with Crippen LogP contribution in [-0.4, -0.2) is 23.5 Å². The van der Waals surface area contributed by atoms with Crippen molar-refractivity contribution < 1.29 is 14.3 Å². The van der Waals surface area contributed by atoms with Crippen LogP contribution in [0.15, 0.2) is 12.2 Å². The summed E-state index contributed by atoms with van der Waals surface area (Å²) in [6.45, 7) is 1.85. The van der Waals surface area contributed by atoms with E-state index in [1.807, 2.05) is 19.1 Å². The van der Waals surface area contributed by atoms with Gasteiger partial charge < -0.3 is 4.74 Å². The molecule has 3 aliphatic rings. The zero-order valence-electron chi connectivity index (χ0n) is 7.11. The average molecular weight is 179 g/mol. The van der Waals surface area contributed by atoms with Crippen LogP contribution in [0.1, 0.15) is 6.92 Å². The molecule has 0 aliphatic carbocycles. The normalized spacial score (nSPS) is 51.3. The van der Waals surface area contributed by atoms with Gasteiger partial charge in [-0.3, -0.25) is 14.9 Å². The molecule has 0 aromatic carbocycles. The minimum atomic E-state index is -0.550.